The van der Waals surface area contributed by atoms with Gasteiger partial charge in [0.2, 0.25) is 0 Å². The normalized spacial score (nSPS) is 15.3. The predicted octanol–water partition coefficient (Wildman–Crippen LogP) is 7.13. The van der Waals surface area contributed by atoms with Gasteiger partial charge in [0, 0.05) is 12.1 Å². The molecular formula is C27H21BrN2O6S. The van der Waals surface area contributed by atoms with Gasteiger partial charge in [-0.25, -0.2) is 9.79 Å². The molecule has 0 atom stereocenters. The van der Waals surface area contributed by atoms with Crippen molar-refractivity contribution in [3.63, 3.8) is 0 Å². The van der Waals surface area contributed by atoms with Gasteiger partial charge in [0.1, 0.15) is 28.7 Å². The van der Waals surface area contributed by atoms with Crippen LogP contribution >= 0.6 is 27.7 Å². The lowest BCUT2D eigenvalue weighted by atomic mass is 10.1. The molecule has 0 spiro atoms. The molecule has 0 fully saturated rings. The second kappa shape index (κ2) is 11.9. The molecule has 1 heterocycles. The number of non-ortho nitro benzene ring substituents is 1. The number of thioether (sulfide) groups is 1. The predicted molar refractivity (Wildman–Crippen MR) is 147 cm³/mol. The number of aliphatic hydroxyl groups excluding tert-OH is 1. The number of halogens is 1. The van der Waals surface area contributed by atoms with Crippen LogP contribution < -0.4 is 4.74 Å². The molecule has 0 aliphatic carbocycles. The third-order valence-electron chi connectivity index (χ3n) is 5.15. The largest absolute Gasteiger partial charge is 0.506 e. The number of rotatable bonds is 8. The van der Waals surface area contributed by atoms with Crippen LogP contribution in [0.3, 0.4) is 0 Å². The molecule has 0 saturated heterocycles. The van der Waals surface area contributed by atoms with Crippen molar-refractivity contribution in [2.75, 3.05) is 6.61 Å². The van der Waals surface area contributed by atoms with Crippen molar-refractivity contribution >= 4 is 56.2 Å². The van der Waals surface area contributed by atoms with Gasteiger partial charge in [-0.3, -0.25) is 10.1 Å². The average Bonchev–Trinajstić information content (AvgIpc) is 3.18. The first kappa shape index (κ1) is 26.2. The van der Waals surface area contributed by atoms with Gasteiger partial charge in [-0.2, -0.15) is 0 Å². The van der Waals surface area contributed by atoms with E-state index in [1.54, 1.807) is 31.2 Å². The maximum absolute atomic E-state index is 12.6. The molecule has 188 valence electrons. The number of carbonyl (C=O) groups is 1. The minimum atomic E-state index is -0.637. The summed E-state index contributed by atoms with van der Waals surface area (Å²) in [5.41, 5.74) is 2.25. The Morgan fingerprint density at radius 2 is 1.86 bits per heavy atom. The molecule has 10 heteroatoms. The molecule has 3 aromatic carbocycles. The van der Waals surface area contributed by atoms with Gasteiger partial charge in [-0.15, -0.1) is 0 Å². The van der Waals surface area contributed by atoms with Crippen LogP contribution in [-0.2, 0) is 16.1 Å². The maximum atomic E-state index is 12.6. The van der Waals surface area contributed by atoms with Crippen molar-refractivity contribution in [1.82, 2.24) is 0 Å². The van der Waals surface area contributed by atoms with E-state index in [9.17, 15) is 20.0 Å². The van der Waals surface area contributed by atoms with E-state index >= 15 is 0 Å². The third kappa shape index (κ3) is 6.46. The molecule has 0 amide bonds. The van der Waals surface area contributed by atoms with Crippen molar-refractivity contribution in [2.45, 2.75) is 13.5 Å². The monoisotopic (exact) mass is 580 g/mol. The Labute approximate surface area is 225 Å². The van der Waals surface area contributed by atoms with E-state index in [-0.39, 0.29) is 30.2 Å². The molecule has 1 aliphatic rings. The molecule has 0 bridgehead atoms. The molecule has 0 radical (unpaired) electrons. The fourth-order valence-corrected chi connectivity index (χ4v) is 4.91. The number of nitrogens with zero attached hydrogens (tertiary/aromatic N) is 2. The SMILES string of the molecule is CCOC(=O)C1=C(O)/C(=C/c2ccc(OCc3ccc([N+](=O)[O-])cc3)c(Br)c2)SC1=Nc1ccccc1. The summed E-state index contributed by atoms with van der Waals surface area (Å²) in [5.74, 6) is -0.243. The number of benzene rings is 3. The van der Waals surface area contributed by atoms with Gasteiger partial charge in [0.15, 0.2) is 0 Å². The van der Waals surface area contributed by atoms with Crippen molar-refractivity contribution in [3.05, 3.63) is 115 Å². The zero-order chi connectivity index (χ0) is 26.4. The van der Waals surface area contributed by atoms with Crippen molar-refractivity contribution in [2.24, 2.45) is 4.99 Å². The number of aliphatic imine (C=N–C) groups is 1. The maximum Gasteiger partial charge on any atom is 0.344 e. The molecular weight excluding hydrogens is 560 g/mol. The fourth-order valence-electron chi connectivity index (χ4n) is 3.36. The van der Waals surface area contributed by atoms with Crippen LogP contribution in [0.25, 0.3) is 6.08 Å². The number of para-hydroxylation sites is 1. The van der Waals surface area contributed by atoms with Gasteiger partial charge in [0.05, 0.1) is 26.6 Å². The lowest BCUT2D eigenvalue weighted by Gasteiger charge is -2.09. The Kier molecular flexibility index (Phi) is 8.42. The van der Waals surface area contributed by atoms with Crippen LogP contribution in [0.5, 0.6) is 5.75 Å². The van der Waals surface area contributed by atoms with Crippen LogP contribution in [0, 0.1) is 10.1 Å². The summed E-state index contributed by atoms with van der Waals surface area (Å²) >= 11 is 4.69. The molecule has 3 aromatic rings. The van der Waals surface area contributed by atoms with Crippen molar-refractivity contribution in [3.8, 4) is 5.75 Å². The highest BCUT2D eigenvalue weighted by atomic mass is 79.9. The third-order valence-corrected chi connectivity index (χ3v) is 6.79. The highest BCUT2D eigenvalue weighted by Gasteiger charge is 2.33. The average molecular weight is 581 g/mol. The second-order valence-corrected chi connectivity index (χ2v) is 9.59. The zero-order valence-electron chi connectivity index (χ0n) is 19.6. The van der Waals surface area contributed by atoms with E-state index in [1.807, 2.05) is 42.5 Å². The molecule has 0 saturated carbocycles. The molecule has 1 N–H and O–H groups in total. The molecule has 1 aliphatic heterocycles. The summed E-state index contributed by atoms with van der Waals surface area (Å²) in [6, 6.07) is 20.7. The lowest BCUT2D eigenvalue weighted by molar-refractivity contribution is -0.384. The second-order valence-electron chi connectivity index (χ2n) is 7.71. The smallest absolute Gasteiger partial charge is 0.344 e. The topological polar surface area (TPSA) is 111 Å². The van der Waals surface area contributed by atoms with E-state index in [0.717, 1.165) is 11.1 Å². The Morgan fingerprint density at radius 1 is 1.14 bits per heavy atom. The Bertz CT molecular complexity index is 1420. The minimum absolute atomic E-state index is 0.0208. The summed E-state index contributed by atoms with van der Waals surface area (Å²) in [5, 5.41) is 22.0. The first-order chi connectivity index (χ1) is 17.9. The van der Waals surface area contributed by atoms with Crippen LogP contribution in [0.1, 0.15) is 18.1 Å². The van der Waals surface area contributed by atoms with Gasteiger partial charge in [0.25, 0.3) is 5.69 Å². The summed E-state index contributed by atoms with van der Waals surface area (Å²) in [4.78, 5) is 27.9. The number of ether oxygens (including phenoxy) is 2. The number of aliphatic hydroxyl groups is 1. The minimum Gasteiger partial charge on any atom is -0.506 e. The van der Waals surface area contributed by atoms with Crippen molar-refractivity contribution < 1.29 is 24.3 Å². The first-order valence-electron chi connectivity index (χ1n) is 11.2. The highest BCUT2D eigenvalue weighted by molar-refractivity contribution is 9.10. The number of nitro benzene ring substituents is 1. The standard InChI is InChI=1S/C27H21BrN2O6S/c1-2-35-27(32)24-25(31)23(37-26(24)29-19-6-4-3-5-7-19)15-18-10-13-22(21(28)14-18)36-16-17-8-11-20(12-9-17)30(33)34/h3-15,31H,2,16H2,1H3/b23-15-,29-26?. The number of esters is 1. The number of hydrogen-bond donors (Lipinski definition) is 1. The Hall–Kier alpha value is -3.89. The molecule has 8 nitrogen and oxygen atoms in total. The molecule has 0 unspecified atom stereocenters. The summed E-state index contributed by atoms with van der Waals surface area (Å²) < 4.78 is 11.7. The number of nitro groups is 1. The molecule has 0 aromatic heterocycles. The Morgan fingerprint density at radius 3 is 2.51 bits per heavy atom. The van der Waals surface area contributed by atoms with E-state index in [0.29, 0.717) is 25.9 Å². The molecule has 37 heavy (non-hydrogen) atoms. The Balaban J connectivity index is 1.55. The van der Waals surface area contributed by atoms with Crippen LogP contribution in [-0.4, -0.2) is 27.6 Å². The summed E-state index contributed by atoms with van der Waals surface area (Å²) in [6.45, 7) is 2.11. The van der Waals surface area contributed by atoms with Gasteiger partial charge < -0.3 is 14.6 Å². The zero-order valence-corrected chi connectivity index (χ0v) is 22.0. The van der Waals surface area contributed by atoms with Crippen molar-refractivity contribution in [1.29, 1.82) is 0 Å². The first-order valence-corrected chi connectivity index (χ1v) is 12.8. The van der Waals surface area contributed by atoms with Crippen LogP contribution in [0.2, 0.25) is 0 Å². The summed E-state index contributed by atoms with van der Waals surface area (Å²) in [6.07, 6.45) is 1.75. The van der Waals surface area contributed by atoms with Gasteiger partial charge in [-0.1, -0.05) is 36.0 Å². The van der Waals surface area contributed by atoms with E-state index in [2.05, 4.69) is 20.9 Å². The van der Waals surface area contributed by atoms with Gasteiger partial charge >= 0.3 is 5.97 Å². The van der Waals surface area contributed by atoms with Crippen LogP contribution in [0.4, 0.5) is 11.4 Å². The molecule has 4 rings (SSSR count). The van der Waals surface area contributed by atoms with E-state index < -0.39 is 10.9 Å². The van der Waals surface area contributed by atoms with E-state index in [1.165, 1.54) is 23.9 Å². The number of carbonyl (C=O) groups excluding carboxylic acids is 1. The quantitative estimate of drug-likeness (QED) is 0.171. The summed E-state index contributed by atoms with van der Waals surface area (Å²) in [7, 11) is 0. The van der Waals surface area contributed by atoms with Gasteiger partial charge in [-0.05, 0) is 76.5 Å². The fraction of sp³-hybridized carbons (Fsp3) is 0.111. The van der Waals surface area contributed by atoms with E-state index in [4.69, 9.17) is 9.47 Å². The van der Waals surface area contributed by atoms with Crippen LogP contribution in [0.15, 0.2) is 98.5 Å². The lowest BCUT2D eigenvalue weighted by Crippen LogP contribution is -2.12. The highest BCUT2D eigenvalue weighted by Crippen LogP contribution is 2.40. The number of hydrogen-bond acceptors (Lipinski definition) is 8.